The van der Waals surface area contributed by atoms with Crippen LogP contribution in [0.15, 0.2) is 12.4 Å². The van der Waals surface area contributed by atoms with Crippen LogP contribution in [0.1, 0.15) is 17.7 Å². The van der Waals surface area contributed by atoms with Crippen LogP contribution in [0.5, 0.6) is 0 Å². The molecule has 0 N–H and O–H groups in total. The van der Waals surface area contributed by atoms with Crippen LogP contribution in [-0.2, 0) is 11.3 Å². The topological polar surface area (TPSA) is 30.3 Å². The fourth-order valence-electron chi connectivity index (χ4n) is 1.79. The Morgan fingerprint density at radius 3 is 2.81 bits per heavy atom. The van der Waals surface area contributed by atoms with E-state index in [9.17, 15) is 0 Å². The Balaban J connectivity index is 1.79. The van der Waals surface area contributed by atoms with Crippen LogP contribution in [0.3, 0.4) is 0 Å². The van der Waals surface area contributed by atoms with Gasteiger partial charge in [-0.15, -0.1) is 0 Å². The first-order valence-electron chi connectivity index (χ1n) is 5.76. The molecule has 1 aliphatic heterocycles. The van der Waals surface area contributed by atoms with E-state index in [0.717, 1.165) is 39.4 Å². The maximum atomic E-state index is 5.31. The molecule has 1 aromatic heterocycles. The molecule has 0 spiro atoms. The van der Waals surface area contributed by atoms with Crippen LogP contribution in [0.4, 0.5) is 0 Å². The van der Waals surface area contributed by atoms with E-state index in [1.54, 1.807) is 0 Å². The second-order valence-electron chi connectivity index (χ2n) is 4.17. The number of rotatable bonds is 4. The Bertz CT molecular complexity index is 321. The minimum absolute atomic E-state index is 0.261. The van der Waals surface area contributed by atoms with Gasteiger partial charge >= 0.3 is 0 Å². The van der Waals surface area contributed by atoms with Crippen molar-refractivity contribution in [3.05, 3.63) is 18.0 Å². The lowest BCUT2D eigenvalue weighted by atomic mass is 10.3. The van der Waals surface area contributed by atoms with Crippen molar-refractivity contribution in [3.63, 3.8) is 0 Å². The zero-order valence-electron chi connectivity index (χ0n) is 9.67. The van der Waals surface area contributed by atoms with E-state index in [2.05, 4.69) is 35.7 Å². The molecular weight excluding hydrogens is 222 g/mol. The fraction of sp³-hybridized carbons (Fsp3) is 0.727. The highest BCUT2D eigenvalue weighted by Crippen LogP contribution is 2.17. The molecule has 0 amide bonds. The zero-order valence-corrected chi connectivity index (χ0v) is 10.6. The molecule has 4 nitrogen and oxygen atoms in total. The third kappa shape index (κ3) is 3.23. The van der Waals surface area contributed by atoms with Gasteiger partial charge in [-0.2, -0.15) is 17.7 Å². The monoisotopic (exact) mass is 241 g/mol. The van der Waals surface area contributed by atoms with Gasteiger partial charge < -0.3 is 4.74 Å². The number of nitrogens with zero attached hydrogens (tertiary/aromatic N) is 3. The number of hydrogen-bond acceptors (Lipinski definition) is 4. The van der Waals surface area contributed by atoms with Crippen LogP contribution in [-0.4, -0.2) is 47.5 Å². The van der Waals surface area contributed by atoms with Gasteiger partial charge in [0, 0.05) is 36.6 Å². The molecule has 0 saturated carbocycles. The summed E-state index contributed by atoms with van der Waals surface area (Å²) in [6.45, 7) is 7.85. The summed E-state index contributed by atoms with van der Waals surface area (Å²) in [4.78, 5) is 2.41. The summed E-state index contributed by atoms with van der Waals surface area (Å²) in [7, 11) is 0. The van der Waals surface area contributed by atoms with Gasteiger partial charge in [-0.1, -0.05) is 0 Å². The predicted octanol–water partition coefficient (Wildman–Crippen LogP) is 1.21. The number of ether oxygens (including phenoxy) is 1. The minimum Gasteiger partial charge on any atom is -0.379 e. The molecule has 0 aromatic carbocycles. The molecule has 0 bridgehead atoms. The van der Waals surface area contributed by atoms with Gasteiger partial charge in [0.05, 0.1) is 26.0 Å². The van der Waals surface area contributed by atoms with Crippen molar-refractivity contribution in [2.75, 3.05) is 32.8 Å². The summed E-state index contributed by atoms with van der Waals surface area (Å²) in [5.41, 5.74) is 1.19. The normalized spacial score (nSPS) is 19.9. The van der Waals surface area contributed by atoms with Crippen LogP contribution in [0, 0.1) is 0 Å². The first-order chi connectivity index (χ1) is 7.75. The molecule has 1 aliphatic rings. The largest absolute Gasteiger partial charge is 0.379 e. The van der Waals surface area contributed by atoms with E-state index in [1.165, 1.54) is 5.56 Å². The standard InChI is InChI=1S/C11H19N3OS/c1-10(16)11-8-12-14(9-11)3-2-13-4-6-15-7-5-13/h8-10,16H,2-7H2,1H3. The van der Waals surface area contributed by atoms with E-state index >= 15 is 0 Å². The fourth-order valence-corrected chi connectivity index (χ4v) is 1.92. The molecule has 0 aliphatic carbocycles. The third-order valence-electron chi connectivity index (χ3n) is 2.88. The minimum atomic E-state index is 0.261. The Kier molecular flexibility index (Phi) is 4.26. The van der Waals surface area contributed by atoms with Crippen LogP contribution in [0.2, 0.25) is 0 Å². The first kappa shape index (κ1) is 12.0. The van der Waals surface area contributed by atoms with Crippen LogP contribution < -0.4 is 0 Å². The van der Waals surface area contributed by atoms with Crippen molar-refractivity contribution in [3.8, 4) is 0 Å². The van der Waals surface area contributed by atoms with Gasteiger partial charge in [-0.25, -0.2) is 0 Å². The van der Waals surface area contributed by atoms with Crippen molar-refractivity contribution < 1.29 is 4.74 Å². The zero-order chi connectivity index (χ0) is 11.4. The van der Waals surface area contributed by atoms with E-state index in [4.69, 9.17) is 4.74 Å². The molecule has 2 rings (SSSR count). The van der Waals surface area contributed by atoms with Gasteiger partial charge in [0.2, 0.25) is 0 Å². The van der Waals surface area contributed by atoms with Crippen molar-refractivity contribution in [1.29, 1.82) is 0 Å². The Hall–Kier alpha value is -0.520. The van der Waals surface area contributed by atoms with E-state index in [-0.39, 0.29) is 5.25 Å². The molecule has 16 heavy (non-hydrogen) atoms. The number of aromatic nitrogens is 2. The molecule has 1 fully saturated rings. The number of hydrogen-bond donors (Lipinski definition) is 1. The molecule has 1 aromatic rings. The average Bonchev–Trinajstić information content (AvgIpc) is 2.76. The number of thiol groups is 1. The molecule has 1 saturated heterocycles. The Labute approximate surface area is 102 Å². The highest BCUT2D eigenvalue weighted by Gasteiger charge is 2.10. The van der Waals surface area contributed by atoms with Gasteiger partial charge in [-0.3, -0.25) is 9.58 Å². The van der Waals surface area contributed by atoms with Crippen LogP contribution in [0.25, 0.3) is 0 Å². The van der Waals surface area contributed by atoms with Gasteiger partial charge in [-0.05, 0) is 6.92 Å². The highest BCUT2D eigenvalue weighted by atomic mass is 32.1. The van der Waals surface area contributed by atoms with Gasteiger partial charge in [0.15, 0.2) is 0 Å². The Morgan fingerprint density at radius 2 is 2.19 bits per heavy atom. The van der Waals surface area contributed by atoms with Crippen molar-refractivity contribution in [1.82, 2.24) is 14.7 Å². The van der Waals surface area contributed by atoms with E-state index in [0.29, 0.717) is 0 Å². The summed E-state index contributed by atoms with van der Waals surface area (Å²) in [6.07, 6.45) is 3.98. The molecule has 2 heterocycles. The lowest BCUT2D eigenvalue weighted by Gasteiger charge is -2.26. The first-order valence-corrected chi connectivity index (χ1v) is 6.28. The SMILES string of the molecule is CC(S)c1cnn(CCN2CCOCC2)c1. The molecule has 90 valence electrons. The highest BCUT2D eigenvalue weighted by molar-refractivity contribution is 7.80. The molecular formula is C11H19N3OS. The summed E-state index contributed by atoms with van der Waals surface area (Å²) < 4.78 is 7.31. The predicted molar refractivity (Wildman–Crippen MR) is 66.9 cm³/mol. The maximum absolute atomic E-state index is 5.31. The van der Waals surface area contributed by atoms with Crippen molar-refractivity contribution in [2.45, 2.75) is 18.7 Å². The van der Waals surface area contributed by atoms with Gasteiger partial charge in [0.1, 0.15) is 0 Å². The summed E-state index contributed by atoms with van der Waals surface area (Å²) in [5.74, 6) is 0. The second-order valence-corrected chi connectivity index (χ2v) is 4.94. The van der Waals surface area contributed by atoms with Crippen molar-refractivity contribution in [2.24, 2.45) is 0 Å². The second kappa shape index (κ2) is 5.70. The van der Waals surface area contributed by atoms with E-state index in [1.807, 2.05) is 10.9 Å². The van der Waals surface area contributed by atoms with Gasteiger partial charge in [0.25, 0.3) is 0 Å². The molecule has 1 atom stereocenters. The van der Waals surface area contributed by atoms with Crippen molar-refractivity contribution >= 4 is 12.6 Å². The summed E-state index contributed by atoms with van der Waals surface area (Å²) in [5, 5.41) is 4.59. The lowest BCUT2D eigenvalue weighted by molar-refractivity contribution is 0.0359. The Morgan fingerprint density at radius 1 is 1.44 bits per heavy atom. The molecule has 0 radical (unpaired) electrons. The smallest absolute Gasteiger partial charge is 0.0594 e. The lowest BCUT2D eigenvalue weighted by Crippen LogP contribution is -2.38. The maximum Gasteiger partial charge on any atom is 0.0594 e. The molecule has 1 unspecified atom stereocenters. The third-order valence-corrected chi connectivity index (χ3v) is 3.18. The van der Waals surface area contributed by atoms with Crippen LogP contribution >= 0.6 is 12.6 Å². The molecule has 5 heteroatoms. The summed E-state index contributed by atoms with van der Waals surface area (Å²) >= 11 is 4.39. The van der Waals surface area contributed by atoms with E-state index < -0.39 is 0 Å². The average molecular weight is 241 g/mol. The quantitative estimate of drug-likeness (QED) is 0.804. The number of morpholine rings is 1. The summed E-state index contributed by atoms with van der Waals surface area (Å²) in [6, 6.07) is 0.